The number of nitrogens with zero attached hydrogens (tertiary/aromatic N) is 2. The van der Waals surface area contributed by atoms with Crippen LogP contribution >= 0.6 is 28.1 Å². The Morgan fingerprint density at radius 2 is 1.88 bits per heavy atom. The molecule has 1 aliphatic heterocycles. The predicted octanol–water partition coefficient (Wildman–Crippen LogP) is 6.73. The smallest absolute Gasteiger partial charge is 0.174 e. The molecule has 160 valence electrons. The van der Waals surface area contributed by atoms with Gasteiger partial charge in [-0.1, -0.05) is 39.7 Å². The van der Waals surface area contributed by atoms with Gasteiger partial charge in [-0.3, -0.25) is 4.98 Å². The van der Waals surface area contributed by atoms with Gasteiger partial charge in [0.05, 0.1) is 17.3 Å². The Labute approximate surface area is 199 Å². The number of furan rings is 1. The van der Waals surface area contributed by atoms with Gasteiger partial charge in [0.2, 0.25) is 0 Å². The first-order chi connectivity index (χ1) is 15.5. The maximum Gasteiger partial charge on any atom is 0.174 e. The molecular weight excluding hydrogens is 489 g/mol. The number of aromatic nitrogens is 1. The summed E-state index contributed by atoms with van der Waals surface area (Å²) in [5.41, 5.74) is 3.37. The van der Waals surface area contributed by atoms with Crippen LogP contribution < -0.4 is 10.2 Å². The van der Waals surface area contributed by atoms with Gasteiger partial charge in [-0.2, -0.15) is 0 Å². The molecule has 0 unspecified atom stereocenters. The summed E-state index contributed by atoms with van der Waals surface area (Å²) in [4.78, 5) is 6.58. The zero-order chi connectivity index (χ0) is 22.2. The minimum absolute atomic E-state index is 0.223. The van der Waals surface area contributed by atoms with Crippen LogP contribution in [-0.2, 0) is 0 Å². The van der Waals surface area contributed by atoms with Crippen molar-refractivity contribution in [3.8, 4) is 11.3 Å². The molecule has 0 spiro atoms. The molecule has 5 rings (SSSR count). The first-order valence-electron chi connectivity index (χ1n) is 10.1. The number of benzene rings is 2. The third-order valence-electron chi connectivity index (χ3n) is 5.53. The van der Waals surface area contributed by atoms with E-state index in [9.17, 15) is 4.39 Å². The fourth-order valence-electron chi connectivity index (χ4n) is 3.97. The molecule has 2 aromatic carbocycles. The minimum Gasteiger partial charge on any atom is -0.459 e. The van der Waals surface area contributed by atoms with Gasteiger partial charge in [0.15, 0.2) is 5.11 Å². The lowest BCUT2D eigenvalue weighted by atomic mass is 10.0. The highest BCUT2D eigenvalue weighted by Gasteiger charge is 2.42. The van der Waals surface area contributed by atoms with Crippen molar-refractivity contribution < 1.29 is 8.81 Å². The number of hydrogen-bond acceptors (Lipinski definition) is 3. The van der Waals surface area contributed by atoms with Gasteiger partial charge in [0.25, 0.3) is 0 Å². The molecule has 1 fully saturated rings. The molecule has 0 bridgehead atoms. The van der Waals surface area contributed by atoms with Gasteiger partial charge in [-0.15, -0.1) is 0 Å². The molecule has 0 radical (unpaired) electrons. The first-order valence-corrected chi connectivity index (χ1v) is 11.3. The third-order valence-corrected chi connectivity index (χ3v) is 6.33. The summed E-state index contributed by atoms with van der Waals surface area (Å²) in [5, 5.41) is 3.99. The van der Waals surface area contributed by atoms with E-state index in [2.05, 4.69) is 26.2 Å². The number of anilines is 1. The molecule has 1 aliphatic rings. The fraction of sp³-hybridized carbons (Fsp3) is 0.120. The van der Waals surface area contributed by atoms with Gasteiger partial charge in [-0.25, -0.2) is 4.39 Å². The minimum atomic E-state index is -0.350. The van der Waals surface area contributed by atoms with Gasteiger partial charge in [0, 0.05) is 16.4 Å². The van der Waals surface area contributed by atoms with Crippen molar-refractivity contribution in [3.63, 3.8) is 0 Å². The summed E-state index contributed by atoms with van der Waals surface area (Å²) < 4.78 is 21.5. The second-order valence-corrected chi connectivity index (χ2v) is 8.96. The molecule has 1 N–H and O–H groups in total. The average Bonchev–Trinajstić information content (AvgIpc) is 3.39. The molecule has 0 amide bonds. The van der Waals surface area contributed by atoms with Crippen LogP contribution in [0.3, 0.4) is 0 Å². The van der Waals surface area contributed by atoms with Crippen LogP contribution in [0.15, 0.2) is 87.9 Å². The Kier molecular flexibility index (Phi) is 5.53. The number of aryl methyl sites for hydroxylation is 1. The van der Waals surface area contributed by atoms with Crippen molar-refractivity contribution in [3.05, 3.63) is 106 Å². The maximum absolute atomic E-state index is 14.6. The molecule has 3 heterocycles. The standard InChI is InChI=1S/C25H19BrFN3OS/c1-15-5-8-17(9-6-15)30-24(23(29-25(30)32)20-4-2-3-13-28-20)22-12-11-21(31-22)18-10-7-16(26)14-19(18)27/h2-14,23-24H,1H3,(H,29,32)/t23-,24+/m1/s1. The van der Waals surface area contributed by atoms with Crippen molar-refractivity contribution in [2.45, 2.75) is 19.0 Å². The van der Waals surface area contributed by atoms with Crippen LogP contribution in [0.2, 0.25) is 0 Å². The van der Waals surface area contributed by atoms with Gasteiger partial charge in [-0.05, 0) is 73.7 Å². The normalized spacial score (nSPS) is 18.1. The van der Waals surface area contributed by atoms with E-state index in [-0.39, 0.29) is 17.9 Å². The van der Waals surface area contributed by atoms with E-state index in [4.69, 9.17) is 16.6 Å². The molecule has 32 heavy (non-hydrogen) atoms. The van der Waals surface area contributed by atoms with Crippen LogP contribution in [0.1, 0.15) is 29.1 Å². The molecule has 0 aliphatic carbocycles. The summed E-state index contributed by atoms with van der Waals surface area (Å²) in [6.07, 6.45) is 1.76. The molecule has 4 nitrogen and oxygen atoms in total. The molecule has 0 saturated carbocycles. The third kappa shape index (κ3) is 3.82. The zero-order valence-corrected chi connectivity index (χ0v) is 19.5. The lowest BCUT2D eigenvalue weighted by molar-refractivity contribution is 0.438. The van der Waals surface area contributed by atoms with Crippen molar-refractivity contribution in [1.29, 1.82) is 0 Å². The van der Waals surface area contributed by atoms with E-state index in [0.29, 0.717) is 26.7 Å². The maximum atomic E-state index is 14.6. The van der Waals surface area contributed by atoms with Crippen LogP contribution in [0.4, 0.5) is 10.1 Å². The van der Waals surface area contributed by atoms with Crippen molar-refractivity contribution in [1.82, 2.24) is 10.3 Å². The average molecular weight is 508 g/mol. The van der Waals surface area contributed by atoms with E-state index in [1.807, 2.05) is 60.4 Å². The lowest BCUT2D eigenvalue weighted by Gasteiger charge is -2.26. The van der Waals surface area contributed by atoms with Gasteiger partial charge >= 0.3 is 0 Å². The van der Waals surface area contributed by atoms with E-state index >= 15 is 0 Å². The second-order valence-electron chi connectivity index (χ2n) is 7.66. The second kappa shape index (κ2) is 8.48. The Morgan fingerprint density at radius 1 is 1.06 bits per heavy atom. The van der Waals surface area contributed by atoms with Crippen LogP contribution in [-0.4, -0.2) is 10.1 Å². The number of hydrogen-bond donors (Lipinski definition) is 1. The van der Waals surface area contributed by atoms with Gasteiger partial charge in [0.1, 0.15) is 23.4 Å². The Balaban J connectivity index is 1.60. The Bertz CT molecular complexity index is 1280. The van der Waals surface area contributed by atoms with Crippen LogP contribution in [0.25, 0.3) is 11.3 Å². The Hall–Kier alpha value is -3.03. The largest absolute Gasteiger partial charge is 0.459 e. The molecule has 4 aromatic rings. The Morgan fingerprint density at radius 3 is 2.59 bits per heavy atom. The van der Waals surface area contributed by atoms with E-state index in [1.165, 1.54) is 6.07 Å². The van der Waals surface area contributed by atoms with Crippen LogP contribution in [0, 0.1) is 12.7 Å². The lowest BCUT2D eigenvalue weighted by Crippen LogP contribution is -2.29. The van der Waals surface area contributed by atoms with Crippen LogP contribution in [0.5, 0.6) is 0 Å². The number of halogens is 2. The van der Waals surface area contributed by atoms with Gasteiger partial charge < -0.3 is 14.6 Å². The SMILES string of the molecule is Cc1ccc(N2C(=S)N[C@H](c3ccccn3)[C@@H]2c2ccc(-c3ccc(Br)cc3F)o2)cc1. The van der Waals surface area contributed by atoms with E-state index in [0.717, 1.165) is 16.9 Å². The zero-order valence-electron chi connectivity index (χ0n) is 17.1. The highest BCUT2D eigenvalue weighted by molar-refractivity contribution is 9.10. The number of thiocarbonyl (C=S) groups is 1. The monoisotopic (exact) mass is 507 g/mol. The predicted molar refractivity (Wildman–Crippen MR) is 131 cm³/mol. The molecule has 2 atom stereocenters. The number of pyridine rings is 1. The summed E-state index contributed by atoms with van der Waals surface area (Å²) >= 11 is 9.03. The van der Waals surface area contributed by atoms with Crippen molar-refractivity contribution in [2.24, 2.45) is 0 Å². The topological polar surface area (TPSA) is 41.3 Å². The molecule has 7 heteroatoms. The highest BCUT2D eigenvalue weighted by atomic mass is 79.9. The summed E-state index contributed by atoms with van der Waals surface area (Å²) in [5.74, 6) is 0.786. The van der Waals surface area contributed by atoms with E-state index < -0.39 is 0 Å². The molecular formula is C25H19BrFN3OS. The summed E-state index contributed by atoms with van der Waals surface area (Å²) in [7, 11) is 0. The number of nitrogens with one attached hydrogen (secondary N) is 1. The molecule has 1 saturated heterocycles. The molecule has 2 aromatic heterocycles. The van der Waals surface area contributed by atoms with Crippen molar-refractivity contribution >= 4 is 38.9 Å². The highest BCUT2D eigenvalue weighted by Crippen LogP contribution is 2.43. The van der Waals surface area contributed by atoms with E-state index in [1.54, 1.807) is 24.4 Å². The fourth-order valence-corrected chi connectivity index (χ4v) is 4.65. The summed E-state index contributed by atoms with van der Waals surface area (Å²) in [6, 6.07) is 22.1. The number of rotatable bonds is 4. The summed E-state index contributed by atoms with van der Waals surface area (Å²) in [6.45, 7) is 2.05. The quantitative estimate of drug-likeness (QED) is 0.310. The first kappa shape index (κ1) is 20.8. The van der Waals surface area contributed by atoms with Crippen molar-refractivity contribution in [2.75, 3.05) is 4.90 Å².